The lowest BCUT2D eigenvalue weighted by atomic mass is 10.0. The number of aromatic hydroxyl groups is 1. The summed E-state index contributed by atoms with van der Waals surface area (Å²) in [5.41, 5.74) is 0.860. The standard InChI is InChI=1S/C13H21NO2/c1-3-10(2)13(16)9-14-8-11-6-4-5-7-12(11)15/h4-7,10,13-16H,3,8-9H2,1-2H3. The van der Waals surface area contributed by atoms with Crippen LogP contribution in [0.2, 0.25) is 0 Å². The molecule has 3 N–H and O–H groups in total. The van der Waals surface area contributed by atoms with Crippen molar-refractivity contribution in [1.29, 1.82) is 0 Å². The van der Waals surface area contributed by atoms with E-state index in [1.807, 2.05) is 19.1 Å². The van der Waals surface area contributed by atoms with Crippen LogP contribution in [-0.4, -0.2) is 22.9 Å². The molecule has 0 aromatic heterocycles. The third kappa shape index (κ3) is 3.83. The Kier molecular flexibility index (Phi) is 5.29. The molecule has 0 fully saturated rings. The molecule has 16 heavy (non-hydrogen) atoms. The fourth-order valence-electron chi connectivity index (χ4n) is 1.49. The minimum absolute atomic E-state index is 0.299. The number of aliphatic hydroxyl groups is 1. The van der Waals surface area contributed by atoms with Crippen molar-refractivity contribution in [2.75, 3.05) is 6.54 Å². The number of phenolic OH excluding ortho intramolecular Hbond substituents is 1. The molecule has 3 nitrogen and oxygen atoms in total. The second-order valence-electron chi connectivity index (χ2n) is 4.21. The molecule has 0 amide bonds. The first kappa shape index (κ1) is 13.0. The summed E-state index contributed by atoms with van der Waals surface area (Å²) in [4.78, 5) is 0. The van der Waals surface area contributed by atoms with E-state index in [2.05, 4.69) is 12.2 Å². The average molecular weight is 223 g/mol. The first-order valence-electron chi connectivity index (χ1n) is 5.80. The van der Waals surface area contributed by atoms with E-state index in [0.717, 1.165) is 12.0 Å². The summed E-state index contributed by atoms with van der Waals surface area (Å²) >= 11 is 0. The van der Waals surface area contributed by atoms with E-state index in [9.17, 15) is 10.2 Å². The second-order valence-corrected chi connectivity index (χ2v) is 4.21. The van der Waals surface area contributed by atoms with Crippen LogP contribution in [0, 0.1) is 5.92 Å². The molecule has 0 aliphatic carbocycles. The van der Waals surface area contributed by atoms with Gasteiger partial charge in [-0.25, -0.2) is 0 Å². The van der Waals surface area contributed by atoms with Crippen molar-refractivity contribution >= 4 is 0 Å². The Morgan fingerprint density at radius 3 is 2.62 bits per heavy atom. The van der Waals surface area contributed by atoms with Crippen LogP contribution in [0.1, 0.15) is 25.8 Å². The molecule has 0 aliphatic heterocycles. The fourth-order valence-corrected chi connectivity index (χ4v) is 1.49. The van der Waals surface area contributed by atoms with Gasteiger partial charge >= 0.3 is 0 Å². The van der Waals surface area contributed by atoms with Gasteiger partial charge < -0.3 is 15.5 Å². The van der Waals surface area contributed by atoms with E-state index < -0.39 is 0 Å². The highest BCUT2D eigenvalue weighted by molar-refractivity contribution is 5.31. The number of aliphatic hydroxyl groups excluding tert-OH is 1. The van der Waals surface area contributed by atoms with Crippen LogP contribution in [0.5, 0.6) is 5.75 Å². The summed E-state index contributed by atoms with van der Waals surface area (Å²) in [5.74, 6) is 0.602. The monoisotopic (exact) mass is 223 g/mol. The van der Waals surface area contributed by atoms with Gasteiger partial charge in [0.05, 0.1) is 6.10 Å². The zero-order valence-corrected chi connectivity index (χ0v) is 9.98. The summed E-state index contributed by atoms with van der Waals surface area (Å²) in [6, 6.07) is 7.23. The topological polar surface area (TPSA) is 52.5 Å². The summed E-state index contributed by atoms with van der Waals surface area (Å²) < 4.78 is 0. The Balaban J connectivity index is 2.33. The van der Waals surface area contributed by atoms with Crippen LogP contribution in [0.4, 0.5) is 0 Å². The molecular weight excluding hydrogens is 202 g/mol. The van der Waals surface area contributed by atoms with E-state index in [-0.39, 0.29) is 6.10 Å². The first-order chi connectivity index (χ1) is 7.65. The maximum absolute atomic E-state index is 9.74. The number of para-hydroxylation sites is 1. The Morgan fingerprint density at radius 1 is 1.31 bits per heavy atom. The molecule has 0 saturated heterocycles. The lowest BCUT2D eigenvalue weighted by molar-refractivity contribution is 0.112. The highest BCUT2D eigenvalue weighted by atomic mass is 16.3. The number of hydrogen-bond acceptors (Lipinski definition) is 3. The molecule has 0 bridgehead atoms. The molecule has 1 aromatic rings. The quantitative estimate of drug-likeness (QED) is 0.690. The Hall–Kier alpha value is -1.06. The van der Waals surface area contributed by atoms with Crippen LogP contribution < -0.4 is 5.32 Å². The van der Waals surface area contributed by atoms with Gasteiger partial charge in [-0.15, -0.1) is 0 Å². The second kappa shape index (κ2) is 6.51. The molecule has 0 saturated carbocycles. The van der Waals surface area contributed by atoms with Crippen molar-refractivity contribution in [3.05, 3.63) is 29.8 Å². The highest BCUT2D eigenvalue weighted by Gasteiger charge is 2.11. The SMILES string of the molecule is CCC(C)C(O)CNCc1ccccc1O. The number of phenols is 1. The van der Waals surface area contributed by atoms with Crippen molar-refractivity contribution in [3.63, 3.8) is 0 Å². The van der Waals surface area contributed by atoms with E-state index in [1.54, 1.807) is 12.1 Å². The Morgan fingerprint density at radius 2 is 2.00 bits per heavy atom. The largest absolute Gasteiger partial charge is 0.508 e. The van der Waals surface area contributed by atoms with Gasteiger partial charge in [-0.2, -0.15) is 0 Å². The smallest absolute Gasteiger partial charge is 0.120 e. The molecule has 0 spiro atoms. The van der Waals surface area contributed by atoms with E-state index in [1.165, 1.54) is 0 Å². The van der Waals surface area contributed by atoms with Crippen LogP contribution in [0.25, 0.3) is 0 Å². The minimum atomic E-state index is -0.323. The normalized spacial score (nSPS) is 14.7. The van der Waals surface area contributed by atoms with Crippen molar-refractivity contribution in [1.82, 2.24) is 5.32 Å². The third-order valence-corrected chi connectivity index (χ3v) is 2.96. The van der Waals surface area contributed by atoms with Gasteiger partial charge in [0.25, 0.3) is 0 Å². The number of benzene rings is 1. The molecule has 1 rings (SSSR count). The molecule has 2 atom stereocenters. The molecule has 3 heteroatoms. The Bertz CT molecular complexity index is 315. The molecule has 1 aromatic carbocycles. The predicted molar refractivity (Wildman–Crippen MR) is 65.3 cm³/mol. The van der Waals surface area contributed by atoms with Crippen LogP contribution >= 0.6 is 0 Å². The highest BCUT2D eigenvalue weighted by Crippen LogP contribution is 2.15. The van der Waals surface area contributed by atoms with Gasteiger partial charge in [-0.1, -0.05) is 38.5 Å². The van der Waals surface area contributed by atoms with E-state index in [0.29, 0.717) is 24.8 Å². The Labute approximate surface area is 97.1 Å². The number of nitrogens with one attached hydrogen (secondary N) is 1. The average Bonchev–Trinajstić information content (AvgIpc) is 2.30. The molecule has 90 valence electrons. The maximum Gasteiger partial charge on any atom is 0.120 e. The third-order valence-electron chi connectivity index (χ3n) is 2.96. The maximum atomic E-state index is 9.74. The van der Waals surface area contributed by atoms with E-state index >= 15 is 0 Å². The molecule has 0 heterocycles. The first-order valence-corrected chi connectivity index (χ1v) is 5.80. The van der Waals surface area contributed by atoms with Crippen molar-refractivity contribution in [2.45, 2.75) is 32.9 Å². The number of rotatable bonds is 6. The van der Waals surface area contributed by atoms with E-state index in [4.69, 9.17) is 0 Å². The number of hydrogen-bond donors (Lipinski definition) is 3. The predicted octanol–water partition coefficient (Wildman–Crippen LogP) is 1.89. The fraction of sp³-hybridized carbons (Fsp3) is 0.538. The van der Waals surface area contributed by atoms with Crippen molar-refractivity contribution in [3.8, 4) is 5.75 Å². The summed E-state index contributed by atoms with van der Waals surface area (Å²) in [5, 5.41) is 22.4. The van der Waals surface area contributed by atoms with Crippen LogP contribution in [-0.2, 0) is 6.54 Å². The van der Waals surface area contributed by atoms with Gasteiger partial charge in [0.2, 0.25) is 0 Å². The minimum Gasteiger partial charge on any atom is -0.508 e. The van der Waals surface area contributed by atoms with Gasteiger partial charge in [-0.3, -0.25) is 0 Å². The summed E-state index contributed by atoms with van der Waals surface area (Å²) in [7, 11) is 0. The summed E-state index contributed by atoms with van der Waals surface area (Å²) in [6.07, 6.45) is 0.648. The summed E-state index contributed by atoms with van der Waals surface area (Å²) in [6.45, 7) is 5.24. The zero-order chi connectivity index (χ0) is 12.0. The van der Waals surface area contributed by atoms with Crippen LogP contribution in [0.15, 0.2) is 24.3 Å². The van der Waals surface area contributed by atoms with Gasteiger partial charge in [0.15, 0.2) is 0 Å². The van der Waals surface area contributed by atoms with Crippen molar-refractivity contribution in [2.24, 2.45) is 5.92 Å². The van der Waals surface area contributed by atoms with Gasteiger partial charge in [0.1, 0.15) is 5.75 Å². The van der Waals surface area contributed by atoms with Crippen molar-refractivity contribution < 1.29 is 10.2 Å². The van der Waals surface area contributed by atoms with Gasteiger partial charge in [0, 0.05) is 18.7 Å². The molecular formula is C13H21NO2. The molecule has 0 radical (unpaired) electrons. The molecule has 2 unspecified atom stereocenters. The van der Waals surface area contributed by atoms with Crippen LogP contribution in [0.3, 0.4) is 0 Å². The molecule has 0 aliphatic rings. The van der Waals surface area contributed by atoms with Gasteiger partial charge in [-0.05, 0) is 12.0 Å². The zero-order valence-electron chi connectivity index (χ0n) is 9.98. The lowest BCUT2D eigenvalue weighted by Crippen LogP contribution is -2.31. The lowest BCUT2D eigenvalue weighted by Gasteiger charge is -2.17.